The second-order valence-corrected chi connectivity index (χ2v) is 7.34. The molecule has 1 amide bonds. The molecule has 0 bridgehead atoms. The molecule has 144 valence electrons. The highest BCUT2D eigenvalue weighted by Gasteiger charge is 2.13. The minimum atomic E-state index is -0.474. The third-order valence-corrected chi connectivity index (χ3v) is 4.93. The number of ether oxygens (including phenoxy) is 1. The van der Waals surface area contributed by atoms with E-state index in [4.69, 9.17) is 16.3 Å². The van der Waals surface area contributed by atoms with E-state index in [0.29, 0.717) is 27.7 Å². The number of benzene rings is 2. The zero-order valence-corrected chi connectivity index (χ0v) is 16.4. The molecule has 0 saturated carbocycles. The minimum absolute atomic E-state index is 0.0342. The van der Waals surface area contributed by atoms with Crippen molar-refractivity contribution in [3.05, 3.63) is 79.2 Å². The molecule has 7 nitrogen and oxygen atoms in total. The van der Waals surface area contributed by atoms with Gasteiger partial charge in [0.05, 0.1) is 17.0 Å². The number of hydrogen-bond acceptors (Lipinski definition) is 6. The van der Waals surface area contributed by atoms with E-state index < -0.39 is 4.92 Å². The Balaban J connectivity index is 1.55. The van der Waals surface area contributed by atoms with Crippen molar-refractivity contribution < 1.29 is 14.5 Å². The maximum absolute atomic E-state index is 12.2. The number of carbonyl (C=O) groups excluding carboxylic acids is 1. The van der Waals surface area contributed by atoms with E-state index in [0.717, 1.165) is 5.01 Å². The number of thiazole rings is 1. The first-order valence-corrected chi connectivity index (χ1v) is 9.53. The summed E-state index contributed by atoms with van der Waals surface area (Å²) >= 11 is 7.23. The van der Waals surface area contributed by atoms with Crippen LogP contribution in [0.5, 0.6) is 5.75 Å². The number of rotatable bonds is 7. The predicted molar refractivity (Wildman–Crippen MR) is 108 cm³/mol. The molecule has 0 aliphatic carbocycles. The van der Waals surface area contributed by atoms with Crippen LogP contribution in [-0.4, -0.2) is 15.8 Å². The van der Waals surface area contributed by atoms with Gasteiger partial charge >= 0.3 is 0 Å². The van der Waals surface area contributed by atoms with Crippen LogP contribution in [-0.2, 0) is 17.8 Å². The molecule has 3 rings (SSSR count). The van der Waals surface area contributed by atoms with E-state index in [1.54, 1.807) is 48.7 Å². The summed E-state index contributed by atoms with van der Waals surface area (Å²) in [6, 6.07) is 11.6. The van der Waals surface area contributed by atoms with E-state index in [2.05, 4.69) is 10.3 Å². The van der Waals surface area contributed by atoms with Crippen LogP contribution in [0.2, 0.25) is 5.02 Å². The lowest BCUT2D eigenvalue weighted by Crippen LogP contribution is -2.15. The molecule has 0 fully saturated rings. The van der Waals surface area contributed by atoms with Crippen molar-refractivity contribution in [1.82, 2.24) is 4.98 Å². The Morgan fingerprint density at radius 1 is 1.29 bits per heavy atom. The van der Waals surface area contributed by atoms with Crippen molar-refractivity contribution in [1.29, 1.82) is 0 Å². The van der Waals surface area contributed by atoms with Crippen molar-refractivity contribution in [2.24, 2.45) is 0 Å². The van der Waals surface area contributed by atoms with Crippen LogP contribution in [0.15, 0.2) is 47.8 Å². The summed E-state index contributed by atoms with van der Waals surface area (Å²) in [5.74, 6) is 0.383. The maximum atomic E-state index is 12.2. The summed E-state index contributed by atoms with van der Waals surface area (Å²) < 4.78 is 5.63. The highest BCUT2D eigenvalue weighted by Crippen LogP contribution is 2.23. The van der Waals surface area contributed by atoms with Gasteiger partial charge in [-0.3, -0.25) is 14.9 Å². The SMILES string of the molecule is Cc1ccc(NC(=O)Cc2csc(COc3ccc(Cl)cc3)n2)cc1[N+](=O)[O-]. The topological polar surface area (TPSA) is 94.4 Å². The summed E-state index contributed by atoms with van der Waals surface area (Å²) in [6.07, 6.45) is 0.0686. The van der Waals surface area contributed by atoms with Crippen molar-refractivity contribution in [2.45, 2.75) is 20.0 Å². The van der Waals surface area contributed by atoms with Gasteiger partial charge < -0.3 is 10.1 Å². The predicted octanol–water partition coefficient (Wildman–Crippen LogP) is 4.77. The average Bonchev–Trinajstić information content (AvgIpc) is 3.10. The molecule has 3 aromatic rings. The Bertz CT molecular complexity index is 1000. The van der Waals surface area contributed by atoms with Crippen LogP contribution in [0.3, 0.4) is 0 Å². The number of aryl methyl sites for hydroxylation is 1. The third kappa shape index (κ3) is 5.28. The molecule has 0 saturated heterocycles. The lowest BCUT2D eigenvalue weighted by molar-refractivity contribution is -0.385. The van der Waals surface area contributed by atoms with Crippen LogP contribution in [0.1, 0.15) is 16.3 Å². The molecule has 1 N–H and O–H groups in total. The normalized spacial score (nSPS) is 10.5. The Kier molecular flexibility index (Phi) is 6.23. The minimum Gasteiger partial charge on any atom is -0.486 e. The first-order chi connectivity index (χ1) is 13.4. The Labute approximate surface area is 170 Å². The number of nitro groups is 1. The van der Waals surface area contributed by atoms with Crippen LogP contribution in [0.4, 0.5) is 11.4 Å². The Morgan fingerprint density at radius 2 is 2.04 bits per heavy atom. The fourth-order valence-electron chi connectivity index (χ4n) is 2.43. The zero-order valence-electron chi connectivity index (χ0n) is 14.8. The van der Waals surface area contributed by atoms with Gasteiger partial charge in [-0.05, 0) is 37.3 Å². The average molecular weight is 418 g/mol. The quantitative estimate of drug-likeness (QED) is 0.441. The summed E-state index contributed by atoms with van der Waals surface area (Å²) in [5, 5.41) is 16.8. The standard InChI is InChI=1S/C19H16ClN3O4S/c1-12-2-5-14(8-17(12)23(25)26)21-18(24)9-15-11-28-19(22-15)10-27-16-6-3-13(20)4-7-16/h2-8,11H,9-10H2,1H3,(H,21,24). The van der Waals surface area contributed by atoms with E-state index in [1.165, 1.54) is 17.4 Å². The van der Waals surface area contributed by atoms with Crippen molar-refractivity contribution in [3.63, 3.8) is 0 Å². The number of hydrogen-bond donors (Lipinski definition) is 1. The van der Waals surface area contributed by atoms with Gasteiger partial charge in [0, 0.05) is 27.7 Å². The van der Waals surface area contributed by atoms with Crippen LogP contribution < -0.4 is 10.1 Å². The summed E-state index contributed by atoms with van der Waals surface area (Å²) in [7, 11) is 0. The number of anilines is 1. The van der Waals surface area contributed by atoms with E-state index in [-0.39, 0.29) is 24.6 Å². The number of nitrogens with zero attached hydrogens (tertiary/aromatic N) is 2. The number of nitro benzene ring substituents is 1. The molecule has 2 aromatic carbocycles. The molecule has 0 unspecified atom stereocenters. The van der Waals surface area contributed by atoms with Gasteiger partial charge in [-0.15, -0.1) is 11.3 Å². The first-order valence-electron chi connectivity index (χ1n) is 8.27. The Morgan fingerprint density at radius 3 is 2.75 bits per heavy atom. The number of nitrogens with one attached hydrogen (secondary N) is 1. The molecule has 9 heteroatoms. The number of aromatic nitrogens is 1. The lowest BCUT2D eigenvalue weighted by Gasteiger charge is -2.05. The number of carbonyl (C=O) groups is 1. The van der Waals surface area contributed by atoms with Crippen LogP contribution in [0, 0.1) is 17.0 Å². The molecular weight excluding hydrogens is 402 g/mol. The molecule has 0 aliphatic rings. The fourth-order valence-corrected chi connectivity index (χ4v) is 3.26. The van der Waals surface area contributed by atoms with E-state index in [1.807, 2.05) is 0 Å². The van der Waals surface area contributed by atoms with Gasteiger partial charge in [0.25, 0.3) is 5.69 Å². The van der Waals surface area contributed by atoms with Gasteiger partial charge in [-0.2, -0.15) is 0 Å². The maximum Gasteiger partial charge on any atom is 0.274 e. The Hall–Kier alpha value is -2.97. The second kappa shape index (κ2) is 8.81. The summed E-state index contributed by atoms with van der Waals surface area (Å²) in [5.41, 5.74) is 1.49. The highest BCUT2D eigenvalue weighted by molar-refractivity contribution is 7.09. The van der Waals surface area contributed by atoms with Crippen molar-refractivity contribution in [2.75, 3.05) is 5.32 Å². The van der Waals surface area contributed by atoms with Gasteiger partial charge in [0.2, 0.25) is 5.91 Å². The fraction of sp³-hybridized carbons (Fsp3) is 0.158. The van der Waals surface area contributed by atoms with Crippen molar-refractivity contribution >= 4 is 40.2 Å². The monoisotopic (exact) mass is 417 g/mol. The van der Waals surface area contributed by atoms with Gasteiger partial charge in [-0.1, -0.05) is 17.7 Å². The molecule has 0 radical (unpaired) electrons. The highest BCUT2D eigenvalue weighted by atomic mass is 35.5. The summed E-state index contributed by atoms with van der Waals surface area (Å²) in [4.78, 5) is 27.1. The number of amides is 1. The van der Waals surface area contributed by atoms with Crippen molar-refractivity contribution in [3.8, 4) is 5.75 Å². The van der Waals surface area contributed by atoms with Crippen LogP contribution in [0.25, 0.3) is 0 Å². The third-order valence-electron chi connectivity index (χ3n) is 3.81. The molecule has 0 spiro atoms. The molecule has 0 atom stereocenters. The van der Waals surface area contributed by atoms with Gasteiger partial charge in [-0.25, -0.2) is 4.98 Å². The van der Waals surface area contributed by atoms with E-state index in [9.17, 15) is 14.9 Å². The molecular formula is C19H16ClN3O4S. The zero-order chi connectivity index (χ0) is 20.1. The lowest BCUT2D eigenvalue weighted by atomic mass is 10.2. The molecule has 28 heavy (non-hydrogen) atoms. The summed E-state index contributed by atoms with van der Waals surface area (Å²) in [6.45, 7) is 1.94. The second-order valence-electron chi connectivity index (χ2n) is 5.96. The van der Waals surface area contributed by atoms with Gasteiger partial charge in [0.15, 0.2) is 0 Å². The smallest absolute Gasteiger partial charge is 0.274 e. The molecule has 0 aliphatic heterocycles. The van der Waals surface area contributed by atoms with Gasteiger partial charge in [0.1, 0.15) is 17.4 Å². The largest absolute Gasteiger partial charge is 0.486 e. The van der Waals surface area contributed by atoms with E-state index >= 15 is 0 Å². The molecule has 1 heterocycles. The number of halogens is 1. The first kappa shape index (κ1) is 19.8. The molecule has 1 aromatic heterocycles. The van der Waals surface area contributed by atoms with Crippen LogP contribution >= 0.6 is 22.9 Å².